The Hall–Kier alpha value is -2.85. The first-order chi connectivity index (χ1) is 15.2. The topological polar surface area (TPSA) is 37.4 Å². The number of thioether (sulfide) groups is 1. The summed E-state index contributed by atoms with van der Waals surface area (Å²) in [5.41, 5.74) is 3.39. The van der Waals surface area contributed by atoms with E-state index in [1.54, 1.807) is 12.1 Å². The highest BCUT2D eigenvalue weighted by atomic mass is 32.2. The van der Waals surface area contributed by atoms with E-state index in [9.17, 15) is 9.59 Å². The van der Waals surface area contributed by atoms with E-state index in [2.05, 4.69) is 36.4 Å². The summed E-state index contributed by atoms with van der Waals surface area (Å²) in [6.45, 7) is 0.385. The molecular weight excluding hydrogens is 402 g/mol. The Balaban J connectivity index is 1.38. The van der Waals surface area contributed by atoms with Crippen LogP contribution in [0.3, 0.4) is 0 Å². The van der Waals surface area contributed by atoms with Crippen LogP contribution < -0.4 is 0 Å². The van der Waals surface area contributed by atoms with Gasteiger partial charge in [-0.25, -0.2) is 0 Å². The number of nitrogens with zero attached hydrogens (tertiary/aromatic N) is 1. The molecule has 1 fully saturated rings. The van der Waals surface area contributed by atoms with Gasteiger partial charge in [0.1, 0.15) is 0 Å². The molecule has 4 heteroatoms. The maximum atomic E-state index is 12.9. The summed E-state index contributed by atoms with van der Waals surface area (Å²) in [7, 11) is 0. The van der Waals surface area contributed by atoms with E-state index < -0.39 is 0 Å². The highest BCUT2D eigenvalue weighted by Gasteiger charge is 2.36. The van der Waals surface area contributed by atoms with Crippen LogP contribution in [-0.2, 0) is 6.42 Å². The van der Waals surface area contributed by atoms with Gasteiger partial charge in [-0.2, -0.15) is 0 Å². The second-order valence-corrected chi connectivity index (χ2v) is 9.57. The zero-order valence-corrected chi connectivity index (χ0v) is 18.2. The van der Waals surface area contributed by atoms with Crippen LogP contribution in [0.15, 0.2) is 83.8 Å². The average Bonchev–Trinajstić information content (AvgIpc) is 3.62. The molecule has 1 aliphatic carbocycles. The van der Waals surface area contributed by atoms with Crippen LogP contribution in [0.5, 0.6) is 0 Å². The molecule has 0 radical (unpaired) electrons. The Labute approximate surface area is 187 Å². The number of fused-ring (bicyclic) bond motifs is 1. The van der Waals surface area contributed by atoms with Crippen LogP contribution in [0.4, 0.5) is 0 Å². The van der Waals surface area contributed by atoms with E-state index in [0.29, 0.717) is 17.7 Å². The molecule has 2 aliphatic rings. The summed E-state index contributed by atoms with van der Waals surface area (Å²) < 4.78 is 0. The van der Waals surface area contributed by atoms with E-state index in [4.69, 9.17) is 0 Å². The first kappa shape index (κ1) is 20.1. The standard InChI is InChI=1S/C27H25NO2S/c29-26-24-8-4-5-9-25(24)27(30)28(26)17-22(16-19-6-2-1-3-7-19)21-12-14-23(15-13-21)31-18-20-10-11-20/h1-9,12-15,20,22H,10-11,16-18H2. The summed E-state index contributed by atoms with van der Waals surface area (Å²) in [5.74, 6) is 1.77. The molecule has 1 saturated carbocycles. The zero-order chi connectivity index (χ0) is 21.2. The second-order valence-electron chi connectivity index (χ2n) is 8.48. The van der Waals surface area contributed by atoms with Crippen LogP contribution in [0.25, 0.3) is 0 Å². The number of hydrogen-bond acceptors (Lipinski definition) is 3. The van der Waals surface area contributed by atoms with Crippen LogP contribution in [0.2, 0.25) is 0 Å². The summed E-state index contributed by atoms with van der Waals surface area (Å²) in [6, 6.07) is 26.1. The molecule has 1 heterocycles. The molecule has 0 saturated heterocycles. The Morgan fingerprint density at radius 1 is 0.806 bits per heavy atom. The van der Waals surface area contributed by atoms with Gasteiger partial charge in [-0.3, -0.25) is 14.5 Å². The smallest absolute Gasteiger partial charge is 0.261 e. The number of hydrogen-bond donors (Lipinski definition) is 0. The molecule has 0 spiro atoms. The zero-order valence-electron chi connectivity index (χ0n) is 17.4. The maximum Gasteiger partial charge on any atom is 0.261 e. The molecule has 31 heavy (non-hydrogen) atoms. The number of imide groups is 1. The summed E-state index contributed by atoms with van der Waals surface area (Å²) in [4.78, 5) is 28.6. The average molecular weight is 428 g/mol. The monoisotopic (exact) mass is 427 g/mol. The van der Waals surface area contributed by atoms with Gasteiger partial charge in [0.2, 0.25) is 0 Å². The number of carbonyl (C=O) groups excluding carboxylic acids is 2. The van der Waals surface area contributed by atoms with E-state index in [0.717, 1.165) is 17.9 Å². The lowest BCUT2D eigenvalue weighted by atomic mass is 9.91. The Bertz CT molecular complexity index is 1050. The summed E-state index contributed by atoms with van der Waals surface area (Å²) in [5, 5.41) is 0. The quantitative estimate of drug-likeness (QED) is 0.336. The molecule has 3 nitrogen and oxygen atoms in total. The molecular formula is C27H25NO2S. The van der Waals surface area contributed by atoms with Gasteiger partial charge in [0.05, 0.1) is 11.1 Å². The van der Waals surface area contributed by atoms with Crippen LogP contribution in [0.1, 0.15) is 50.6 Å². The first-order valence-electron chi connectivity index (χ1n) is 10.9. The first-order valence-corrected chi connectivity index (χ1v) is 11.9. The molecule has 2 amide bonds. The minimum Gasteiger partial charge on any atom is -0.274 e. The van der Waals surface area contributed by atoms with Crippen molar-refractivity contribution in [2.45, 2.75) is 30.1 Å². The number of amides is 2. The van der Waals surface area contributed by atoms with Crippen molar-refractivity contribution in [1.82, 2.24) is 4.90 Å². The molecule has 156 valence electrons. The van der Waals surface area contributed by atoms with Crippen LogP contribution in [0, 0.1) is 5.92 Å². The molecule has 0 bridgehead atoms. The third-order valence-electron chi connectivity index (χ3n) is 6.14. The van der Waals surface area contributed by atoms with Gasteiger partial charge in [0.25, 0.3) is 11.8 Å². The third kappa shape index (κ3) is 4.45. The van der Waals surface area contributed by atoms with Crippen LogP contribution >= 0.6 is 11.8 Å². The van der Waals surface area contributed by atoms with Crippen molar-refractivity contribution >= 4 is 23.6 Å². The lowest BCUT2D eigenvalue weighted by Gasteiger charge is -2.23. The van der Waals surface area contributed by atoms with Crippen molar-refractivity contribution in [1.29, 1.82) is 0 Å². The highest BCUT2D eigenvalue weighted by Crippen LogP contribution is 2.35. The fourth-order valence-electron chi connectivity index (χ4n) is 4.15. The van der Waals surface area contributed by atoms with E-state index in [1.807, 2.05) is 42.1 Å². The fourth-order valence-corrected chi connectivity index (χ4v) is 5.24. The van der Waals surface area contributed by atoms with Gasteiger partial charge in [0.15, 0.2) is 0 Å². The lowest BCUT2D eigenvalue weighted by Crippen LogP contribution is -2.34. The van der Waals surface area contributed by atoms with Gasteiger partial charge >= 0.3 is 0 Å². The third-order valence-corrected chi connectivity index (χ3v) is 7.38. The van der Waals surface area contributed by atoms with Crippen LogP contribution in [-0.4, -0.2) is 29.0 Å². The summed E-state index contributed by atoms with van der Waals surface area (Å²) >= 11 is 1.92. The lowest BCUT2D eigenvalue weighted by molar-refractivity contribution is 0.0644. The van der Waals surface area contributed by atoms with Gasteiger partial charge in [-0.05, 0) is 60.6 Å². The number of carbonyl (C=O) groups is 2. The van der Waals surface area contributed by atoms with Gasteiger partial charge in [0, 0.05) is 23.1 Å². The molecule has 1 aliphatic heterocycles. The molecule has 5 rings (SSSR count). The van der Waals surface area contributed by atoms with Gasteiger partial charge in [-0.1, -0.05) is 54.6 Å². The van der Waals surface area contributed by atoms with Crippen molar-refractivity contribution in [2.24, 2.45) is 5.92 Å². The minimum absolute atomic E-state index is 0.0482. The molecule has 3 aromatic carbocycles. The second kappa shape index (κ2) is 8.72. The molecule has 3 aromatic rings. The molecule has 1 unspecified atom stereocenters. The van der Waals surface area contributed by atoms with Crippen molar-refractivity contribution < 1.29 is 9.59 Å². The van der Waals surface area contributed by atoms with Crippen molar-refractivity contribution in [3.05, 3.63) is 101 Å². The van der Waals surface area contributed by atoms with E-state index in [1.165, 1.54) is 34.0 Å². The van der Waals surface area contributed by atoms with Crippen molar-refractivity contribution in [3.8, 4) is 0 Å². The fraction of sp³-hybridized carbons (Fsp3) is 0.259. The highest BCUT2D eigenvalue weighted by molar-refractivity contribution is 7.99. The predicted molar refractivity (Wildman–Crippen MR) is 125 cm³/mol. The van der Waals surface area contributed by atoms with Gasteiger partial charge < -0.3 is 0 Å². The Kier molecular flexibility index (Phi) is 5.65. The maximum absolute atomic E-state index is 12.9. The SMILES string of the molecule is O=C1c2ccccc2C(=O)N1CC(Cc1ccccc1)c1ccc(SCC2CC2)cc1. The summed E-state index contributed by atoms with van der Waals surface area (Å²) in [6.07, 6.45) is 3.51. The normalized spacial score (nSPS) is 16.5. The molecule has 0 N–H and O–H groups in total. The Morgan fingerprint density at radius 3 is 2.03 bits per heavy atom. The van der Waals surface area contributed by atoms with Gasteiger partial charge in [-0.15, -0.1) is 11.8 Å². The largest absolute Gasteiger partial charge is 0.274 e. The molecule has 1 atom stereocenters. The van der Waals surface area contributed by atoms with E-state index in [-0.39, 0.29) is 17.7 Å². The van der Waals surface area contributed by atoms with E-state index >= 15 is 0 Å². The van der Waals surface area contributed by atoms with Crippen molar-refractivity contribution in [2.75, 3.05) is 12.3 Å². The van der Waals surface area contributed by atoms with Crippen molar-refractivity contribution in [3.63, 3.8) is 0 Å². The Morgan fingerprint density at radius 2 is 1.42 bits per heavy atom. The molecule has 0 aromatic heterocycles. The number of rotatable bonds is 8. The minimum atomic E-state index is -0.185. The predicted octanol–water partition coefficient (Wildman–Crippen LogP) is 5.81. The number of benzene rings is 3.